The van der Waals surface area contributed by atoms with Crippen molar-refractivity contribution < 1.29 is 9.47 Å². The van der Waals surface area contributed by atoms with Crippen molar-refractivity contribution >= 4 is 10.8 Å². The van der Waals surface area contributed by atoms with Crippen LogP contribution in [-0.4, -0.2) is 6.79 Å². The van der Waals surface area contributed by atoms with Crippen molar-refractivity contribution in [1.29, 1.82) is 0 Å². The molecule has 0 spiro atoms. The van der Waals surface area contributed by atoms with Crippen LogP contribution in [0.2, 0.25) is 0 Å². The summed E-state index contributed by atoms with van der Waals surface area (Å²) in [5, 5.41) is 2.35. The summed E-state index contributed by atoms with van der Waals surface area (Å²) in [6.45, 7) is 0.163. The first kappa shape index (κ1) is 21.2. The highest BCUT2D eigenvalue weighted by molar-refractivity contribution is 5.83. The molecule has 0 radical (unpaired) electrons. The van der Waals surface area contributed by atoms with Crippen LogP contribution >= 0.6 is 0 Å². The summed E-state index contributed by atoms with van der Waals surface area (Å²) < 4.78 is 11.5. The van der Waals surface area contributed by atoms with Gasteiger partial charge in [0.05, 0.1) is 0 Å². The number of hydrogen-bond donors (Lipinski definition) is 0. The lowest BCUT2D eigenvalue weighted by molar-refractivity contribution is 0.120. The van der Waals surface area contributed by atoms with Crippen molar-refractivity contribution in [2.45, 2.75) is 38.0 Å². The van der Waals surface area contributed by atoms with E-state index in [9.17, 15) is 0 Å². The Kier molecular flexibility index (Phi) is 6.59. The van der Waals surface area contributed by atoms with E-state index in [4.69, 9.17) is 9.47 Å². The fraction of sp³-hybridized carbons (Fsp3) is 0.226. The fourth-order valence-corrected chi connectivity index (χ4v) is 4.48. The van der Waals surface area contributed by atoms with E-state index >= 15 is 0 Å². The van der Waals surface area contributed by atoms with Gasteiger partial charge >= 0.3 is 0 Å². The molecule has 0 bridgehead atoms. The molecule has 0 aliphatic heterocycles. The third-order valence-electron chi connectivity index (χ3n) is 6.36. The highest BCUT2D eigenvalue weighted by atomic mass is 16.7. The van der Waals surface area contributed by atoms with Crippen LogP contribution in [0.1, 0.15) is 54.7 Å². The van der Waals surface area contributed by atoms with E-state index in [-0.39, 0.29) is 6.79 Å². The predicted octanol–water partition coefficient (Wildman–Crippen LogP) is 7.70. The van der Waals surface area contributed by atoms with E-state index in [2.05, 4.69) is 54.3 Å². The SMILES string of the molecule is C(#Cc1ccc(C2CCCCC2)cc1)c1ccc(OCOc2ccc3ccccc3c2)cc1. The molecule has 0 amide bonds. The summed E-state index contributed by atoms with van der Waals surface area (Å²) in [5.41, 5.74) is 3.49. The van der Waals surface area contributed by atoms with Gasteiger partial charge in [-0.05, 0) is 83.6 Å². The molecule has 0 saturated heterocycles. The lowest BCUT2D eigenvalue weighted by Crippen LogP contribution is -2.05. The van der Waals surface area contributed by atoms with Gasteiger partial charge in [-0.15, -0.1) is 0 Å². The molecule has 1 aliphatic rings. The van der Waals surface area contributed by atoms with Gasteiger partial charge in [-0.1, -0.05) is 73.6 Å². The molecule has 1 saturated carbocycles. The highest BCUT2D eigenvalue weighted by Crippen LogP contribution is 2.32. The quantitative estimate of drug-likeness (QED) is 0.238. The van der Waals surface area contributed by atoms with Crippen molar-refractivity contribution in [2.24, 2.45) is 0 Å². The van der Waals surface area contributed by atoms with Crippen LogP contribution in [-0.2, 0) is 0 Å². The Morgan fingerprint density at radius 1 is 0.606 bits per heavy atom. The van der Waals surface area contributed by atoms with Crippen LogP contribution in [0.5, 0.6) is 11.5 Å². The Hall–Kier alpha value is -3.70. The van der Waals surface area contributed by atoms with Crippen LogP contribution in [0, 0.1) is 11.8 Å². The molecular formula is C31H28O2. The first-order valence-electron chi connectivity index (χ1n) is 11.8. The highest BCUT2D eigenvalue weighted by Gasteiger charge is 2.14. The third-order valence-corrected chi connectivity index (χ3v) is 6.36. The molecule has 4 aromatic rings. The van der Waals surface area contributed by atoms with Gasteiger partial charge in [-0.2, -0.15) is 0 Å². The number of hydrogen-bond acceptors (Lipinski definition) is 2. The molecule has 2 heteroatoms. The third kappa shape index (κ3) is 5.57. The van der Waals surface area contributed by atoms with Gasteiger partial charge in [0.2, 0.25) is 6.79 Å². The zero-order chi connectivity index (χ0) is 22.3. The minimum absolute atomic E-state index is 0.163. The monoisotopic (exact) mass is 432 g/mol. The van der Waals surface area contributed by atoms with Gasteiger partial charge in [0.1, 0.15) is 11.5 Å². The summed E-state index contributed by atoms with van der Waals surface area (Å²) >= 11 is 0. The van der Waals surface area contributed by atoms with Gasteiger partial charge in [0, 0.05) is 11.1 Å². The van der Waals surface area contributed by atoms with E-state index < -0.39 is 0 Å². The van der Waals surface area contributed by atoms with E-state index in [1.807, 2.05) is 48.5 Å². The molecule has 4 aromatic carbocycles. The van der Waals surface area contributed by atoms with Crippen molar-refractivity contribution in [3.05, 3.63) is 108 Å². The Morgan fingerprint density at radius 2 is 1.21 bits per heavy atom. The minimum atomic E-state index is 0.163. The van der Waals surface area contributed by atoms with Crippen molar-refractivity contribution in [2.75, 3.05) is 6.79 Å². The zero-order valence-corrected chi connectivity index (χ0v) is 18.8. The van der Waals surface area contributed by atoms with E-state index in [1.54, 1.807) is 0 Å². The summed E-state index contributed by atoms with van der Waals surface area (Å²) in [6, 6.07) is 30.9. The molecule has 0 heterocycles. The lowest BCUT2D eigenvalue weighted by atomic mass is 9.84. The second-order valence-corrected chi connectivity index (χ2v) is 8.65. The Bertz CT molecular complexity index is 1250. The van der Waals surface area contributed by atoms with Gasteiger partial charge < -0.3 is 9.47 Å². The molecule has 164 valence electrons. The summed E-state index contributed by atoms with van der Waals surface area (Å²) in [6.07, 6.45) is 6.77. The standard InChI is InChI=1S/C31H28O2/c1-2-6-26(7-3-1)28-16-12-24(13-17-28)10-11-25-14-19-30(20-15-25)32-23-33-31-21-18-27-8-4-5-9-29(27)22-31/h4-5,8-9,12-22,26H,1-3,6-7,23H2. The average molecular weight is 433 g/mol. The zero-order valence-electron chi connectivity index (χ0n) is 18.8. The van der Waals surface area contributed by atoms with Crippen LogP contribution in [0.15, 0.2) is 91.0 Å². The maximum Gasteiger partial charge on any atom is 0.230 e. The molecule has 2 nitrogen and oxygen atoms in total. The van der Waals surface area contributed by atoms with E-state index in [1.165, 1.54) is 43.1 Å². The molecule has 0 aromatic heterocycles. The smallest absolute Gasteiger partial charge is 0.230 e. The number of ether oxygens (including phenoxy) is 2. The molecular weight excluding hydrogens is 404 g/mol. The minimum Gasteiger partial charge on any atom is -0.458 e. The van der Waals surface area contributed by atoms with Crippen LogP contribution < -0.4 is 9.47 Å². The van der Waals surface area contributed by atoms with Crippen molar-refractivity contribution in [3.63, 3.8) is 0 Å². The Balaban J connectivity index is 1.14. The fourth-order valence-electron chi connectivity index (χ4n) is 4.48. The topological polar surface area (TPSA) is 18.5 Å². The normalized spacial score (nSPS) is 13.8. The maximum absolute atomic E-state index is 5.76. The molecule has 0 atom stereocenters. The Morgan fingerprint density at radius 3 is 1.94 bits per heavy atom. The lowest BCUT2D eigenvalue weighted by Gasteiger charge is -2.21. The van der Waals surface area contributed by atoms with Crippen LogP contribution in [0.4, 0.5) is 0 Å². The van der Waals surface area contributed by atoms with Gasteiger partial charge in [0.15, 0.2) is 0 Å². The van der Waals surface area contributed by atoms with Gasteiger partial charge in [-0.3, -0.25) is 0 Å². The largest absolute Gasteiger partial charge is 0.458 e. The van der Waals surface area contributed by atoms with Gasteiger partial charge in [0.25, 0.3) is 0 Å². The summed E-state index contributed by atoms with van der Waals surface area (Å²) in [4.78, 5) is 0. The van der Waals surface area contributed by atoms with Crippen LogP contribution in [0.25, 0.3) is 10.8 Å². The van der Waals surface area contributed by atoms with E-state index in [0.29, 0.717) is 0 Å². The summed E-state index contributed by atoms with van der Waals surface area (Å²) in [5.74, 6) is 8.82. The number of benzene rings is 4. The number of fused-ring (bicyclic) bond motifs is 1. The van der Waals surface area contributed by atoms with Crippen molar-refractivity contribution in [3.8, 4) is 23.3 Å². The predicted molar refractivity (Wildman–Crippen MR) is 135 cm³/mol. The second-order valence-electron chi connectivity index (χ2n) is 8.65. The Labute approximate surface area is 196 Å². The van der Waals surface area contributed by atoms with Gasteiger partial charge in [-0.25, -0.2) is 0 Å². The molecule has 0 unspecified atom stereocenters. The first-order valence-corrected chi connectivity index (χ1v) is 11.8. The molecule has 5 rings (SSSR count). The van der Waals surface area contributed by atoms with E-state index in [0.717, 1.165) is 33.9 Å². The molecule has 1 aliphatic carbocycles. The van der Waals surface area contributed by atoms with Crippen LogP contribution in [0.3, 0.4) is 0 Å². The first-order chi connectivity index (χ1) is 16.3. The summed E-state index contributed by atoms with van der Waals surface area (Å²) in [7, 11) is 0. The maximum atomic E-state index is 5.76. The average Bonchev–Trinajstić information content (AvgIpc) is 2.89. The molecule has 0 N–H and O–H groups in total. The molecule has 33 heavy (non-hydrogen) atoms. The number of rotatable bonds is 5. The second kappa shape index (κ2) is 10.3. The molecule has 1 fully saturated rings. The van der Waals surface area contributed by atoms with Crippen molar-refractivity contribution in [1.82, 2.24) is 0 Å².